The summed E-state index contributed by atoms with van der Waals surface area (Å²) in [4.78, 5) is 18.1. The molecule has 0 bridgehead atoms. The summed E-state index contributed by atoms with van der Waals surface area (Å²) in [5.41, 5.74) is -0.764. The van der Waals surface area contributed by atoms with Gasteiger partial charge in [0.1, 0.15) is 18.2 Å². The third kappa shape index (κ3) is 4.79. The Kier molecular flexibility index (Phi) is 5.69. The smallest absolute Gasteiger partial charge is 0.417 e. The SMILES string of the molecule is COCc1ccc(C(=O)NC2CCN(c3ccc(C(F)(F)F)cn3)CC2)o1. The number of alkyl halides is 3. The zero-order chi connectivity index (χ0) is 19.4. The van der Waals surface area contributed by atoms with Gasteiger partial charge in [-0.2, -0.15) is 13.2 Å². The molecule has 0 atom stereocenters. The maximum Gasteiger partial charge on any atom is 0.417 e. The molecule has 2 aromatic heterocycles. The molecular formula is C18H20F3N3O3. The van der Waals surface area contributed by atoms with Gasteiger partial charge in [-0.3, -0.25) is 4.79 Å². The fraction of sp³-hybridized carbons (Fsp3) is 0.444. The number of hydrogen-bond acceptors (Lipinski definition) is 5. The predicted molar refractivity (Wildman–Crippen MR) is 91.4 cm³/mol. The second kappa shape index (κ2) is 7.99. The Morgan fingerprint density at radius 3 is 2.63 bits per heavy atom. The van der Waals surface area contributed by atoms with E-state index in [-0.39, 0.29) is 17.7 Å². The molecule has 2 aromatic rings. The number of nitrogens with one attached hydrogen (secondary N) is 1. The van der Waals surface area contributed by atoms with Gasteiger partial charge in [-0.25, -0.2) is 4.98 Å². The molecule has 0 aromatic carbocycles. The van der Waals surface area contributed by atoms with Crippen molar-refractivity contribution in [3.8, 4) is 0 Å². The number of ether oxygens (including phenoxy) is 1. The van der Waals surface area contributed by atoms with Gasteiger partial charge < -0.3 is 19.4 Å². The highest BCUT2D eigenvalue weighted by atomic mass is 19.4. The Hall–Kier alpha value is -2.55. The van der Waals surface area contributed by atoms with Crippen LogP contribution >= 0.6 is 0 Å². The van der Waals surface area contributed by atoms with Gasteiger partial charge in [0.25, 0.3) is 5.91 Å². The van der Waals surface area contributed by atoms with Crippen LogP contribution in [0.1, 0.15) is 34.7 Å². The summed E-state index contributed by atoms with van der Waals surface area (Å²) in [5.74, 6) is 1.02. The molecule has 27 heavy (non-hydrogen) atoms. The highest BCUT2D eigenvalue weighted by Crippen LogP contribution is 2.29. The molecule has 1 fully saturated rings. The van der Waals surface area contributed by atoms with E-state index in [1.165, 1.54) is 6.07 Å². The largest absolute Gasteiger partial charge is 0.453 e. The van der Waals surface area contributed by atoms with Crippen molar-refractivity contribution < 1.29 is 27.1 Å². The van der Waals surface area contributed by atoms with E-state index >= 15 is 0 Å². The monoisotopic (exact) mass is 383 g/mol. The first-order valence-electron chi connectivity index (χ1n) is 8.53. The summed E-state index contributed by atoms with van der Waals surface area (Å²) < 4.78 is 48.2. The zero-order valence-corrected chi connectivity index (χ0v) is 14.8. The number of nitrogens with zero attached hydrogens (tertiary/aromatic N) is 2. The Bertz CT molecular complexity index is 766. The summed E-state index contributed by atoms with van der Waals surface area (Å²) in [6, 6.07) is 5.67. The minimum absolute atomic E-state index is 0.0285. The van der Waals surface area contributed by atoms with Crippen molar-refractivity contribution in [2.75, 3.05) is 25.1 Å². The molecule has 0 radical (unpaired) electrons. The lowest BCUT2D eigenvalue weighted by molar-refractivity contribution is -0.137. The number of anilines is 1. The number of piperidine rings is 1. The van der Waals surface area contributed by atoms with Crippen LogP contribution in [0.4, 0.5) is 19.0 Å². The minimum Gasteiger partial charge on any atom is -0.453 e. The molecule has 146 valence electrons. The van der Waals surface area contributed by atoms with Crippen molar-refractivity contribution >= 4 is 11.7 Å². The number of pyridine rings is 1. The quantitative estimate of drug-likeness (QED) is 0.859. The number of methoxy groups -OCH3 is 1. The van der Waals surface area contributed by atoms with E-state index in [9.17, 15) is 18.0 Å². The van der Waals surface area contributed by atoms with Gasteiger partial charge >= 0.3 is 6.18 Å². The predicted octanol–water partition coefficient (Wildman–Crippen LogP) is 3.24. The third-order valence-corrected chi connectivity index (χ3v) is 4.40. The van der Waals surface area contributed by atoms with E-state index in [4.69, 9.17) is 9.15 Å². The van der Waals surface area contributed by atoms with E-state index in [1.54, 1.807) is 19.2 Å². The van der Waals surface area contributed by atoms with Gasteiger partial charge in [0.15, 0.2) is 5.76 Å². The fourth-order valence-electron chi connectivity index (χ4n) is 2.97. The van der Waals surface area contributed by atoms with Gasteiger partial charge in [0.05, 0.1) is 5.56 Å². The Labute approximate surface area is 154 Å². The van der Waals surface area contributed by atoms with Crippen LogP contribution in [-0.2, 0) is 17.5 Å². The van der Waals surface area contributed by atoms with Crippen molar-refractivity contribution in [3.05, 3.63) is 47.5 Å². The maximum atomic E-state index is 12.6. The number of aromatic nitrogens is 1. The minimum atomic E-state index is -4.39. The molecule has 9 heteroatoms. The molecule has 6 nitrogen and oxygen atoms in total. The molecule has 1 N–H and O–H groups in total. The molecule has 1 aliphatic heterocycles. The highest BCUT2D eigenvalue weighted by molar-refractivity contribution is 5.91. The Balaban J connectivity index is 1.51. The van der Waals surface area contributed by atoms with Crippen molar-refractivity contribution in [2.45, 2.75) is 31.7 Å². The molecule has 1 saturated heterocycles. The summed E-state index contributed by atoms with van der Waals surface area (Å²) in [6.07, 6.45) is -2.21. The number of halogens is 3. The first-order chi connectivity index (χ1) is 12.9. The van der Waals surface area contributed by atoms with Crippen LogP contribution < -0.4 is 10.2 Å². The lowest BCUT2D eigenvalue weighted by Crippen LogP contribution is -2.44. The van der Waals surface area contributed by atoms with Crippen LogP contribution in [0.25, 0.3) is 0 Å². The molecule has 0 aliphatic carbocycles. The van der Waals surface area contributed by atoms with Crippen molar-refractivity contribution in [1.29, 1.82) is 0 Å². The lowest BCUT2D eigenvalue weighted by Gasteiger charge is -2.33. The van der Waals surface area contributed by atoms with Gasteiger partial charge in [-0.1, -0.05) is 0 Å². The van der Waals surface area contributed by atoms with Gasteiger partial charge in [0.2, 0.25) is 0 Å². The third-order valence-electron chi connectivity index (χ3n) is 4.40. The first-order valence-corrected chi connectivity index (χ1v) is 8.53. The Morgan fingerprint density at radius 2 is 2.04 bits per heavy atom. The summed E-state index contributed by atoms with van der Waals surface area (Å²) in [7, 11) is 1.54. The van der Waals surface area contributed by atoms with Gasteiger partial charge in [-0.15, -0.1) is 0 Å². The van der Waals surface area contributed by atoms with E-state index in [1.807, 2.05) is 4.90 Å². The van der Waals surface area contributed by atoms with Crippen LogP contribution in [-0.4, -0.2) is 37.1 Å². The van der Waals surface area contributed by atoms with Crippen LogP contribution in [0.15, 0.2) is 34.9 Å². The number of rotatable bonds is 5. The van der Waals surface area contributed by atoms with E-state index < -0.39 is 11.7 Å². The number of hydrogen-bond donors (Lipinski definition) is 1. The maximum absolute atomic E-state index is 12.6. The van der Waals surface area contributed by atoms with Crippen LogP contribution in [0, 0.1) is 0 Å². The van der Waals surface area contributed by atoms with Crippen LogP contribution in [0.5, 0.6) is 0 Å². The number of carbonyl (C=O) groups excluding carboxylic acids is 1. The fourth-order valence-corrected chi connectivity index (χ4v) is 2.97. The molecule has 3 heterocycles. The second-order valence-electron chi connectivity index (χ2n) is 6.34. The molecule has 0 unspecified atom stereocenters. The first kappa shape index (κ1) is 19.2. The molecule has 3 rings (SSSR count). The number of amides is 1. The second-order valence-corrected chi connectivity index (χ2v) is 6.34. The average Bonchev–Trinajstić information content (AvgIpc) is 3.11. The van der Waals surface area contributed by atoms with Gasteiger partial charge in [0, 0.05) is 32.4 Å². The average molecular weight is 383 g/mol. The molecule has 0 spiro atoms. The topological polar surface area (TPSA) is 67.6 Å². The van der Waals surface area contributed by atoms with Gasteiger partial charge in [-0.05, 0) is 37.1 Å². The number of carbonyl (C=O) groups is 1. The molecular weight excluding hydrogens is 363 g/mol. The highest BCUT2D eigenvalue weighted by Gasteiger charge is 2.31. The molecule has 1 amide bonds. The van der Waals surface area contributed by atoms with Crippen molar-refractivity contribution in [3.63, 3.8) is 0 Å². The zero-order valence-electron chi connectivity index (χ0n) is 14.8. The summed E-state index contributed by atoms with van der Waals surface area (Å²) >= 11 is 0. The molecule has 1 aliphatic rings. The van der Waals surface area contributed by atoms with E-state index in [2.05, 4.69) is 10.3 Å². The van der Waals surface area contributed by atoms with Crippen LogP contribution in [0.2, 0.25) is 0 Å². The van der Waals surface area contributed by atoms with Crippen molar-refractivity contribution in [1.82, 2.24) is 10.3 Å². The molecule has 0 saturated carbocycles. The lowest BCUT2D eigenvalue weighted by atomic mass is 10.0. The standard InChI is InChI=1S/C18H20F3N3O3/c1-26-11-14-3-4-15(27-14)17(25)23-13-6-8-24(9-7-13)16-5-2-12(10-22-16)18(19,20)21/h2-5,10,13H,6-9,11H2,1H3,(H,23,25). The Morgan fingerprint density at radius 1 is 1.30 bits per heavy atom. The van der Waals surface area contributed by atoms with Crippen LogP contribution in [0.3, 0.4) is 0 Å². The number of furan rings is 1. The normalized spacial score (nSPS) is 15.8. The summed E-state index contributed by atoms with van der Waals surface area (Å²) in [5, 5.41) is 2.92. The van der Waals surface area contributed by atoms with Crippen molar-refractivity contribution in [2.24, 2.45) is 0 Å². The van der Waals surface area contributed by atoms with E-state index in [0.29, 0.717) is 44.1 Å². The summed E-state index contributed by atoms with van der Waals surface area (Å²) in [6.45, 7) is 1.48. The van der Waals surface area contributed by atoms with E-state index in [0.717, 1.165) is 12.3 Å².